The number of benzene rings is 2. The largest absolute Gasteiger partial charge is 0.497 e. The number of aromatic nitrogens is 2. The summed E-state index contributed by atoms with van der Waals surface area (Å²) < 4.78 is 7.12. The van der Waals surface area contributed by atoms with E-state index in [9.17, 15) is 4.79 Å². The predicted octanol–water partition coefficient (Wildman–Crippen LogP) is 4.38. The topological polar surface area (TPSA) is 56.2 Å². The average Bonchev–Trinajstić information content (AvgIpc) is 3.47. The molecule has 28 heavy (non-hydrogen) atoms. The van der Waals surface area contributed by atoms with Crippen LogP contribution < -0.4 is 10.1 Å². The molecule has 1 N–H and O–H groups in total. The Morgan fingerprint density at radius 3 is 2.64 bits per heavy atom. The van der Waals surface area contributed by atoms with Gasteiger partial charge in [0.25, 0.3) is 5.91 Å². The van der Waals surface area contributed by atoms with E-state index in [0.29, 0.717) is 17.2 Å². The Kier molecular flexibility index (Phi) is 4.90. The lowest BCUT2D eigenvalue weighted by molar-refractivity contribution is 0.0936. The van der Waals surface area contributed by atoms with Gasteiger partial charge in [0.2, 0.25) is 0 Å². The number of amides is 1. The van der Waals surface area contributed by atoms with Gasteiger partial charge in [-0.1, -0.05) is 29.8 Å². The minimum Gasteiger partial charge on any atom is -0.497 e. The first kappa shape index (κ1) is 18.3. The number of rotatable bonds is 6. The van der Waals surface area contributed by atoms with Crippen LogP contribution in [0.5, 0.6) is 5.75 Å². The SMILES string of the molecule is COc1cccc(-c2nn(-c3ccc(C)cc3)cc2C(=O)NC(C)C2CC2)c1. The van der Waals surface area contributed by atoms with Crippen molar-refractivity contribution in [2.45, 2.75) is 32.7 Å². The maximum Gasteiger partial charge on any atom is 0.255 e. The maximum absolute atomic E-state index is 13.0. The Morgan fingerprint density at radius 2 is 1.96 bits per heavy atom. The van der Waals surface area contributed by atoms with Crippen LogP contribution in [0.3, 0.4) is 0 Å². The highest BCUT2D eigenvalue weighted by Crippen LogP contribution is 2.33. The molecule has 0 aliphatic heterocycles. The second kappa shape index (κ2) is 7.50. The van der Waals surface area contributed by atoms with Crippen LogP contribution in [0.15, 0.2) is 54.7 Å². The van der Waals surface area contributed by atoms with Crippen LogP contribution in [-0.2, 0) is 0 Å². The van der Waals surface area contributed by atoms with Gasteiger partial charge in [0, 0.05) is 17.8 Å². The fourth-order valence-corrected chi connectivity index (χ4v) is 3.35. The van der Waals surface area contributed by atoms with Gasteiger partial charge in [-0.25, -0.2) is 4.68 Å². The molecular weight excluding hydrogens is 350 g/mol. The number of carbonyl (C=O) groups excluding carboxylic acids is 1. The van der Waals surface area contributed by atoms with Crippen LogP contribution in [-0.4, -0.2) is 28.8 Å². The van der Waals surface area contributed by atoms with Gasteiger partial charge in [-0.2, -0.15) is 5.10 Å². The van der Waals surface area contributed by atoms with E-state index in [1.165, 1.54) is 18.4 Å². The number of aryl methyl sites for hydroxylation is 1. The van der Waals surface area contributed by atoms with Crippen molar-refractivity contribution in [1.82, 2.24) is 15.1 Å². The van der Waals surface area contributed by atoms with Crippen LogP contribution in [0.25, 0.3) is 16.9 Å². The van der Waals surface area contributed by atoms with E-state index < -0.39 is 0 Å². The molecule has 0 bridgehead atoms. The zero-order chi connectivity index (χ0) is 19.7. The van der Waals surface area contributed by atoms with Gasteiger partial charge in [0.1, 0.15) is 11.4 Å². The van der Waals surface area contributed by atoms with Crippen LogP contribution in [0, 0.1) is 12.8 Å². The van der Waals surface area contributed by atoms with Crippen molar-refractivity contribution >= 4 is 5.91 Å². The third-order valence-corrected chi connectivity index (χ3v) is 5.29. The molecule has 1 unspecified atom stereocenters. The number of carbonyl (C=O) groups is 1. The van der Waals surface area contributed by atoms with Crippen molar-refractivity contribution in [3.8, 4) is 22.7 Å². The molecule has 1 fully saturated rings. The number of hydrogen-bond donors (Lipinski definition) is 1. The summed E-state index contributed by atoms with van der Waals surface area (Å²) in [6.45, 7) is 4.12. The summed E-state index contributed by atoms with van der Waals surface area (Å²) >= 11 is 0. The van der Waals surface area contributed by atoms with Gasteiger partial charge in [-0.15, -0.1) is 0 Å². The summed E-state index contributed by atoms with van der Waals surface area (Å²) in [5.74, 6) is 1.24. The fraction of sp³-hybridized carbons (Fsp3) is 0.304. The molecule has 1 heterocycles. The molecule has 144 valence electrons. The lowest BCUT2D eigenvalue weighted by atomic mass is 10.1. The molecule has 5 nitrogen and oxygen atoms in total. The van der Waals surface area contributed by atoms with Crippen LogP contribution in [0.1, 0.15) is 35.7 Å². The molecular formula is C23H25N3O2. The summed E-state index contributed by atoms with van der Waals surface area (Å²) in [6.07, 6.45) is 4.19. The van der Waals surface area contributed by atoms with Crippen molar-refractivity contribution in [2.24, 2.45) is 5.92 Å². The maximum atomic E-state index is 13.0. The Hall–Kier alpha value is -3.08. The number of nitrogens with one attached hydrogen (secondary N) is 1. The molecule has 5 heteroatoms. The summed E-state index contributed by atoms with van der Waals surface area (Å²) in [7, 11) is 1.63. The molecule has 1 saturated carbocycles. The number of nitrogens with zero attached hydrogens (tertiary/aromatic N) is 2. The van der Waals surface area contributed by atoms with Crippen molar-refractivity contribution in [1.29, 1.82) is 0 Å². The molecule has 1 atom stereocenters. The van der Waals surface area contributed by atoms with E-state index >= 15 is 0 Å². The van der Waals surface area contributed by atoms with Gasteiger partial charge in [-0.3, -0.25) is 4.79 Å². The first-order chi connectivity index (χ1) is 13.5. The number of hydrogen-bond acceptors (Lipinski definition) is 3. The summed E-state index contributed by atoms with van der Waals surface area (Å²) in [4.78, 5) is 13.0. The van der Waals surface area contributed by atoms with Gasteiger partial charge in [-0.05, 0) is 56.9 Å². The Morgan fingerprint density at radius 1 is 1.21 bits per heavy atom. The van der Waals surface area contributed by atoms with Crippen molar-refractivity contribution in [3.05, 3.63) is 65.9 Å². The normalized spacial score (nSPS) is 14.5. The van der Waals surface area contributed by atoms with Gasteiger partial charge in [0.05, 0.1) is 18.4 Å². The lowest BCUT2D eigenvalue weighted by Crippen LogP contribution is -2.34. The number of methoxy groups -OCH3 is 1. The molecule has 0 saturated heterocycles. The molecule has 4 rings (SSSR count). The third kappa shape index (κ3) is 3.79. The van der Waals surface area contributed by atoms with Gasteiger partial charge < -0.3 is 10.1 Å². The lowest BCUT2D eigenvalue weighted by Gasteiger charge is -2.12. The third-order valence-electron chi connectivity index (χ3n) is 5.29. The quantitative estimate of drug-likeness (QED) is 0.695. The van der Waals surface area contributed by atoms with Crippen LogP contribution in [0.4, 0.5) is 0 Å². The van der Waals surface area contributed by atoms with E-state index in [1.807, 2.05) is 61.7 Å². The fourth-order valence-electron chi connectivity index (χ4n) is 3.35. The van der Waals surface area contributed by atoms with Gasteiger partial charge >= 0.3 is 0 Å². The molecule has 0 radical (unpaired) electrons. The molecule has 3 aromatic rings. The van der Waals surface area contributed by atoms with E-state index in [1.54, 1.807) is 11.8 Å². The summed E-state index contributed by atoms with van der Waals surface area (Å²) in [5, 5.41) is 7.89. The zero-order valence-corrected chi connectivity index (χ0v) is 16.5. The highest BCUT2D eigenvalue weighted by atomic mass is 16.5. The van der Waals surface area contributed by atoms with Crippen molar-refractivity contribution in [3.63, 3.8) is 0 Å². The monoisotopic (exact) mass is 375 g/mol. The molecule has 2 aromatic carbocycles. The first-order valence-corrected chi connectivity index (χ1v) is 9.67. The van der Waals surface area contributed by atoms with Crippen molar-refractivity contribution in [2.75, 3.05) is 7.11 Å². The highest BCUT2D eigenvalue weighted by Gasteiger charge is 2.30. The molecule has 1 aliphatic rings. The van der Waals surface area contributed by atoms with E-state index in [4.69, 9.17) is 9.84 Å². The number of ether oxygens (including phenoxy) is 1. The van der Waals surface area contributed by atoms with E-state index in [0.717, 1.165) is 17.0 Å². The highest BCUT2D eigenvalue weighted by molar-refractivity contribution is 6.00. The summed E-state index contributed by atoms with van der Waals surface area (Å²) in [6, 6.07) is 15.9. The molecule has 1 amide bonds. The smallest absolute Gasteiger partial charge is 0.255 e. The second-order valence-corrected chi connectivity index (χ2v) is 7.50. The second-order valence-electron chi connectivity index (χ2n) is 7.50. The van der Waals surface area contributed by atoms with Crippen LogP contribution >= 0.6 is 0 Å². The minimum atomic E-state index is -0.0874. The average molecular weight is 375 g/mol. The Balaban J connectivity index is 1.75. The Labute approximate surface area is 165 Å². The van der Waals surface area contributed by atoms with E-state index in [-0.39, 0.29) is 11.9 Å². The zero-order valence-electron chi connectivity index (χ0n) is 16.5. The molecule has 1 aliphatic carbocycles. The molecule has 1 aromatic heterocycles. The van der Waals surface area contributed by atoms with Crippen molar-refractivity contribution < 1.29 is 9.53 Å². The predicted molar refractivity (Wildman–Crippen MR) is 110 cm³/mol. The van der Waals surface area contributed by atoms with Gasteiger partial charge in [0.15, 0.2) is 0 Å². The standard InChI is InChI=1S/C23H25N3O2/c1-15-7-11-19(12-8-15)26-14-21(23(27)24-16(2)17-9-10-17)22(25-26)18-5-4-6-20(13-18)28-3/h4-8,11-14,16-17H,9-10H2,1-3H3,(H,24,27). The first-order valence-electron chi connectivity index (χ1n) is 9.67. The van der Waals surface area contributed by atoms with E-state index in [2.05, 4.69) is 12.2 Å². The van der Waals surface area contributed by atoms with Crippen LogP contribution in [0.2, 0.25) is 0 Å². The summed E-state index contributed by atoms with van der Waals surface area (Å²) in [5.41, 5.74) is 4.18. The Bertz CT molecular complexity index is 987. The molecule has 0 spiro atoms. The minimum absolute atomic E-state index is 0.0874.